The summed E-state index contributed by atoms with van der Waals surface area (Å²) >= 11 is 0. The number of aryl methyl sites for hydroxylation is 1. The molecule has 0 spiro atoms. The maximum absolute atomic E-state index is 12.3. The van der Waals surface area contributed by atoms with Crippen LogP contribution in [-0.2, 0) is 25.4 Å². The van der Waals surface area contributed by atoms with E-state index in [4.69, 9.17) is 5.11 Å². The lowest BCUT2D eigenvalue weighted by atomic mass is 10.1. The Labute approximate surface area is 182 Å². The van der Waals surface area contributed by atoms with E-state index in [1.807, 2.05) is 0 Å². The molecule has 0 saturated heterocycles. The molecule has 1 atom stereocenters. The van der Waals surface area contributed by atoms with E-state index in [1.54, 1.807) is 31.2 Å². The van der Waals surface area contributed by atoms with Crippen LogP contribution in [0.25, 0.3) is 11.2 Å². The number of carboxylic acids is 1. The average molecular weight is 440 g/mol. The molecule has 32 heavy (non-hydrogen) atoms. The lowest BCUT2D eigenvalue weighted by molar-refractivity contribution is -0.137. The largest absolute Gasteiger partial charge is 0.481 e. The molecule has 3 aromatic rings. The Balaban J connectivity index is 1.66. The van der Waals surface area contributed by atoms with Crippen molar-refractivity contribution >= 4 is 28.7 Å². The van der Waals surface area contributed by atoms with Crippen LogP contribution in [0.1, 0.15) is 35.8 Å². The number of nitrogens with zero attached hydrogens (tertiary/aromatic N) is 4. The molecule has 11 nitrogen and oxygen atoms in total. The Morgan fingerprint density at radius 2 is 1.81 bits per heavy atom. The maximum Gasteiger partial charge on any atom is 0.332 e. The molecular formula is C21H24N6O5. The molecule has 11 heteroatoms. The lowest BCUT2D eigenvalue weighted by Crippen LogP contribution is -2.37. The molecule has 0 aliphatic rings. The molecule has 2 heterocycles. The van der Waals surface area contributed by atoms with E-state index in [0.29, 0.717) is 24.2 Å². The van der Waals surface area contributed by atoms with E-state index >= 15 is 0 Å². The van der Waals surface area contributed by atoms with Crippen molar-refractivity contribution in [3.8, 4) is 0 Å². The first-order chi connectivity index (χ1) is 15.2. The van der Waals surface area contributed by atoms with Crippen LogP contribution >= 0.6 is 0 Å². The van der Waals surface area contributed by atoms with E-state index in [0.717, 1.165) is 10.3 Å². The molecule has 0 fully saturated rings. The van der Waals surface area contributed by atoms with Crippen molar-refractivity contribution in [3.63, 3.8) is 0 Å². The zero-order valence-corrected chi connectivity index (χ0v) is 18.0. The fourth-order valence-corrected chi connectivity index (χ4v) is 3.10. The molecule has 0 aliphatic heterocycles. The number of nitrogens with one attached hydrogen (secondary N) is 2. The van der Waals surface area contributed by atoms with Gasteiger partial charge in [-0.15, -0.1) is 0 Å². The molecule has 2 aromatic heterocycles. The van der Waals surface area contributed by atoms with Crippen molar-refractivity contribution < 1.29 is 14.7 Å². The van der Waals surface area contributed by atoms with Gasteiger partial charge in [-0.1, -0.05) is 0 Å². The van der Waals surface area contributed by atoms with E-state index in [9.17, 15) is 19.2 Å². The van der Waals surface area contributed by atoms with Crippen LogP contribution in [0.3, 0.4) is 0 Å². The predicted molar refractivity (Wildman–Crippen MR) is 118 cm³/mol. The molecule has 1 aromatic carbocycles. The monoisotopic (exact) mass is 440 g/mol. The highest BCUT2D eigenvalue weighted by atomic mass is 16.4. The van der Waals surface area contributed by atoms with Gasteiger partial charge in [0.25, 0.3) is 11.5 Å². The van der Waals surface area contributed by atoms with Crippen LogP contribution in [0.15, 0.2) is 40.1 Å². The number of carbonyl (C=O) groups excluding carboxylic acids is 1. The number of amides is 1. The fourth-order valence-electron chi connectivity index (χ4n) is 3.10. The quantitative estimate of drug-likeness (QED) is 0.462. The van der Waals surface area contributed by atoms with Gasteiger partial charge in [-0.05, 0) is 37.6 Å². The Kier molecular flexibility index (Phi) is 6.67. The Morgan fingerprint density at radius 1 is 1.12 bits per heavy atom. The van der Waals surface area contributed by atoms with Crippen LogP contribution < -0.4 is 21.9 Å². The second-order valence-corrected chi connectivity index (χ2v) is 7.48. The second kappa shape index (κ2) is 9.41. The molecule has 0 bridgehead atoms. The van der Waals surface area contributed by atoms with E-state index < -0.39 is 17.2 Å². The molecule has 1 amide bonds. The van der Waals surface area contributed by atoms with Gasteiger partial charge in [0, 0.05) is 37.8 Å². The zero-order valence-electron chi connectivity index (χ0n) is 18.0. The molecule has 3 rings (SSSR count). The Morgan fingerprint density at radius 3 is 2.47 bits per heavy atom. The van der Waals surface area contributed by atoms with E-state index in [-0.39, 0.29) is 29.5 Å². The number of carbonyl (C=O) groups is 2. The summed E-state index contributed by atoms with van der Waals surface area (Å²) in [4.78, 5) is 55.7. The molecule has 0 saturated carbocycles. The minimum atomic E-state index is -0.901. The standard InChI is InChI=1S/C21H24N6O5/c1-12(4-9-16(28)29)24-19(30)13-5-7-14(8-6-13)22-10-15-11-23-17-18(25-15)26(2)21(32)27(3)20(17)31/h5-8,11-12,22H,4,9-10H2,1-3H3,(H,24,30)(H,28,29). The van der Waals surface area contributed by atoms with Crippen LogP contribution in [0.4, 0.5) is 5.69 Å². The molecule has 0 aliphatic carbocycles. The number of rotatable bonds is 8. The van der Waals surface area contributed by atoms with Crippen molar-refractivity contribution in [1.82, 2.24) is 24.4 Å². The minimum Gasteiger partial charge on any atom is -0.481 e. The summed E-state index contributed by atoms with van der Waals surface area (Å²) in [5, 5.41) is 14.6. The van der Waals surface area contributed by atoms with Crippen LogP contribution in [0.2, 0.25) is 0 Å². The summed E-state index contributed by atoms with van der Waals surface area (Å²) in [6.07, 6.45) is 1.82. The summed E-state index contributed by atoms with van der Waals surface area (Å²) in [6.45, 7) is 2.05. The van der Waals surface area contributed by atoms with Crippen molar-refractivity contribution in [3.05, 3.63) is 62.6 Å². The maximum atomic E-state index is 12.3. The zero-order chi connectivity index (χ0) is 23.4. The third-order valence-electron chi connectivity index (χ3n) is 4.99. The summed E-state index contributed by atoms with van der Waals surface area (Å²) in [5.74, 6) is -1.18. The number of hydrogen-bond donors (Lipinski definition) is 3. The third kappa shape index (κ3) is 4.99. The van der Waals surface area contributed by atoms with Crippen LogP contribution in [-0.4, -0.2) is 42.1 Å². The van der Waals surface area contributed by atoms with Gasteiger partial charge in [0.15, 0.2) is 11.2 Å². The molecular weight excluding hydrogens is 416 g/mol. The highest BCUT2D eigenvalue weighted by Crippen LogP contribution is 2.12. The second-order valence-electron chi connectivity index (χ2n) is 7.48. The average Bonchev–Trinajstić information content (AvgIpc) is 2.78. The van der Waals surface area contributed by atoms with Crippen LogP contribution in [0, 0.1) is 0 Å². The van der Waals surface area contributed by atoms with Crippen molar-refractivity contribution in [2.75, 3.05) is 5.32 Å². The van der Waals surface area contributed by atoms with Crippen molar-refractivity contribution in [2.45, 2.75) is 32.4 Å². The molecule has 0 radical (unpaired) electrons. The molecule has 1 unspecified atom stereocenters. The van der Waals surface area contributed by atoms with Gasteiger partial charge in [-0.2, -0.15) is 0 Å². The molecule has 3 N–H and O–H groups in total. The van der Waals surface area contributed by atoms with Gasteiger partial charge >= 0.3 is 11.7 Å². The van der Waals surface area contributed by atoms with Crippen molar-refractivity contribution in [2.24, 2.45) is 14.1 Å². The van der Waals surface area contributed by atoms with Crippen molar-refractivity contribution in [1.29, 1.82) is 0 Å². The first kappa shape index (κ1) is 22.7. The summed E-state index contributed by atoms with van der Waals surface area (Å²) in [7, 11) is 2.92. The fraction of sp³-hybridized carbons (Fsp3) is 0.333. The molecule has 168 valence electrons. The summed E-state index contributed by atoms with van der Waals surface area (Å²) in [6, 6.07) is 6.52. The SMILES string of the molecule is CC(CCC(=O)O)NC(=O)c1ccc(NCc2cnc3c(=O)n(C)c(=O)n(C)c3n2)cc1. The normalized spacial score (nSPS) is 11.8. The highest BCUT2D eigenvalue weighted by Gasteiger charge is 2.13. The first-order valence-corrected chi connectivity index (χ1v) is 9.95. The van der Waals surface area contributed by atoms with Gasteiger partial charge in [-0.3, -0.25) is 23.5 Å². The first-order valence-electron chi connectivity index (χ1n) is 9.95. The number of fused-ring (bicyclic) bond motifs is 1. The number of carboxylic acid groups (broad SMARTS) is 1. The smallest absolute Gasteiger partial charge is 0.332 e. The van der Waals surface area contributed by atoms with Gasteiger partial charge in [0.05, 0.1) is 18.4 Å². The minimum absolute atomic E-state index is 0.00922. The number of hydrogen-bond acceptors (Lipinski definition) is 7. The van der Waals surface area contributed by atoms with Crippen LogP contribution in [0.5, 0.6) is 0 Å². The van der Waals surface area contributed by atoms with Gasteiger partial charge < -0.3 is 15.7 Å². The van der Waals surface area contributed by atoms with Gasteiger partial charge in [0.1, 0.15) is 0 Å². The number of benzene rings is 1. The Bertz CT molecular complexity index is 1280. The Hall–Kier alpha value is -4.02. The lowest BCUT2D eigenvalue weighted by Gasteiger charge is -2.13. The van der Waals surface area contributed by atoms with Gasteiger partial charge in [-0.25, -0.2) is 14.8 Å². The number of aromatic nitrogens is 4. The van der Waals surface area contributed by atoms with E-state index in [2.05, 4.69) is 20.6 Å². The predicted octanol–water partition coefficient (Wildman–Crippen LogP) is 0.622. The number of anilines is 1. The number of aliphatic carboxylic acids is 1. The summed E-state index contributed by atoms with van der Waals surface area (Å²) in [5.41, 5.74) is 1.08. The summed E-state index contributed by atoms with van der Waals surface area (Å²) < 4.78 is 2.26. The third-order valence-corrected chi connectivity index (χ3v) is 4.99. The topological polar surface area (TPSA) is 148 Å². The van der Waals surface area contributed by atoms with E-state index in [1.165, 1.54) is 24.9 Å². The van der Waals surface area contributed by atoms with Gasteiger partial charge in [0.2, 0.25) is 0 Å². The highest BCUT2D eigenvalue weighted by molar-refractivity contribution is 5.94.